The van der Waals surface area contributed by atoms with E-state index in [4.69, 9.17) is 16.3 Å². The van der Waals surface area contributed by atoms with Crippen molar-refractivity contribution in [3.8, 4) is 5.75 Å². The number of anilines is 1. The van der Waals surface area contributed by atoms with Crippen LogP contribution in [0.3, 0.4) is 0 Å². The Kier molecular flexibility index (Phi) is 4.91. The highest BCUT2D eigenvalue weighted by Crippen LogP contribution is 2.36. The summed E-state index contributed by atoms with van der Waals surface area (Å²) in [4.78, 5) is 0. The van der Waals surface area contributed by atoms with Crippen molar-refractivity contribution in [2.24, 2.45) is 5.92 Å². The summed E-state index contributed by atoms with van der Waals surface area (Å²) in [5, 5.41) is 8.17. The number of rotatable bonds is 4. The molecule has 3 nitrogen and oxygen atoms in total. The highest BCUT2D eigenvalue weighted by Gasteiger charge is 2.34. The molecule has 4 heteroatoms. The quantitative estimate of drug-likeness (QED) is 0.879. The summed E-state index contributed by atoms with van der Waals surface area (Å²) in [5.74, 6) is 1.57. The van der Waals surface area contributed by atoms with Crippen LogP contribution >= 0.6 is 11.6 Å². The van der Waals surface area contributed by atoms with E-state index in [1.165, 1.54) is 45.1 Å². The molecule has 2 aliphatic rings. The van der Waals surface area contributed by atoms with Crippen molar-refractivity contribution in [2.75, 3.05) is 19.0 Å². The van der Waals surface area contributed by atoms with E-state index >= 15 is 0 Å². The maximum atomic E-state index is 6.33. The molecule has 1 aromatic carbocycles. The summed E-state index contributed by atoms with van der Waals surface area (Å²) in [6, 6.07) is 7.01. The second-order valence-corrected chi connectivity index (χ2v) is 6.65. The van der Waals surface area contributed by atoms with Gasteiger partial charge in [0.25, 0.3) is 0 Å². The molecule has 1 aliphatic heterocycles. The third-order valence-corrected chi connectivity index (χ3v) is 5.28. The van der Waals surface area contributed by atoms with Gasteiger partial charge < -0.3 is 15.4 Å². The third kappa shape index (κ3) is 3.46. The normalized spacial score (nSPS) is 29.3. The Morgan fingerprint density at radius 3 is 2.86 bits per heavy atom. The summed E-state index contributed by atoms with van der Waals surface area (Å²) >= 11 is 6.33. The molecular weight excluding hydrogens is 284 g/mol. The number of nitrogens with one attached hydrogen (secondary N) is 2. The van der Waals surface area contributed by atoms with E-state index < -0.39 is 0 Å². The molecule has 3 rings (SSSR count). The van der Waals surface area contributed by atoms with E-state index in [0.29, 0.717) is 18.0 Å². The van der Waals surface area contributed by atoms with Gasteiger partial charge in [0.2, 0.25) is 0 Å². The predicted molar refractivity (Wildman–Crippen MR) is 88.4 cm³/mol. The average molecular weight is 309 g/mol. The molecule has 0 radical (unpaired) electrons. The van der Waals surface area contributed by atoms with Crippen LogP contribution in [0.4, 0.5) is 5.69 Å². The molecule has 3 unspecified atom stereocenters. The van der Waals surface area contributed by atoms with E-state index in [9.17, 15) is 0 Å². The van der Waals surface area contributed by atoms with Crippen molar-refractivity contribution in [3.63, 3.8) is 0 Å². The van der Waals surface area contributed by atoms with E-state index in [1.807, 2.05) is 18.2 Å². The van der Waals surface area contributed by atoms with Crippen LogP contribution in [0, 0.1) is 5.92 Å². The molecule has 21 heavy (non-hydrogen) atoms. The van der Waals surface area contributed by atoms with Crippen molar-refractivity contribution >= 4 is 17.3 Å². The third-order valence-electron chi connectivity index (χ3n) is 4.95. The summed E-state index contributed by atoms with van der Waals surface area (Å²) in [6.45, 7) is 1.17. The summed E-state index contributed by atoms with van der Waals surface area (Å²) in [7, 11) is 1.69. The molecule has 0 amide bonds. The zero-order valence-electron chi connectivity index (χ0n) is 12.7. The molecule has 1 aliphatic carbocycles. The van der Waals surface area contributed by atoms with Gasteiger partial charge in [-0.2, -0.15) is 0 Å². The Morgan fingerprint density at radius 2 is 2.10 bits per heavy atom. The fraction of sp³-hybridized carbons (Fsp3) is 0.647. The monoisotopic (exact) mass is 308 g/mol. The van der Waals surface area contributed by atoms with Crippen molar-refractivity contribution in [1.29, 1.82) is 0 Å². The van der Waals surface area contributed by atoms with Crippen LogP contribution in [-0.2, 0) is 0 Å². The van der Waals surface area contributed by atoms with E-state index in [0.717, 1.165) is 16.5 Å². The average Bonchev–Trinajstić information content (AvgIpc) is 2.98. The zero-order valence-corrected chi connectivity index (χ0v) is 13.5. The number of piperidine rings is 1. The maximum absolute atomic E-state index is 6.33. The van der Waals surface area contributed by atoms with Crippen LogP contribution in [-0.4, -0.2) is 25.7 Å². The minimum Gasteiger partial charge on any atom is -0.497 e. The van der Waals surface area contributed by atoms with E-state index in [-0.39, 0.29) is 0 Å². The van der Waals surface area contributed by atoms with E-state index in [1.54, 1.807) is 7.11 Å². The first kappa shape index (κ1) is 15.0. The molecule has 0 aromatic heterocycles. The highest BCUT2D eigenvalue weighted by molar-refractivity contribution is 6.33. The Balaban J connectivity index is 1.70. The minimum absolute atomic E-state index is 0.519. The minimum atomic E-state index is 0.519. The van der Waals surface area contributed by atoms with Gasteiger partial charge in [-0.3, -0.25) is 0 Å². The lowest BCUT2D eigenvalue weighted by Gasteiger charge is -2.33. The molecular formula is C17H25ClN2O. The van der Waals surface area contributed by atoms with Crippen LogP contribution in [0.15, 0.2) is 18.2 Å². The van der Waals surface area contributed by atoms with Crippen LogP contribution < -0.4 is 15.4 Å². The Bertz CT molecular complexity index is 474. The van der Waals surface area contributed by atoms with Crippen molar-refractivity contribution in [3.05, 3.63) is 23.2 Å². The Labute approximate surface area is 132 Å². The van der Waals surface area contributed by atoms with Gasteiger partial charge in [-0.15, -0.1) is 0 Å². The molecule has 1 heterocycles. The lowest BCUT2D eigenvalue weighted by Crippen LogP contribution is -2.44. The first-order chi connectivity index (χ1) is 10.3. The largest absolute Gasteiger partial charge is 0.497 e. The number of halogens is 1. The topological polar surface area (TPSA) is 33.3 Å². The molecule has 1 saturated heterocycles. The van der Waals surface area contributed by atoms with Crippen LogP contribution in [0.1, 0.15) is 38.5 Å². The first-order valence-electron chi connectivity index (χ1n) is 8.11. The summed E-state index contributed by atoms with van der Waals surface area (Å²) < 4.78 is 5.31. The second-order valence-electron chi connectivity index (χ2n) is 6.25. The highest BCUT2D eigenvalue weighted by atomic mass is 35.5. The molecule has 2 fully saturated rings. The van der Waals surface area contributed by atoms with Gasteiger partial charge in [0.1, 0.15) is 5.75 Å². The second kappa shape index (κ2) is 6.89. The Hall–Kier alpha value is -0.930. The van der Waals surface area contributed by atoms with Gasteiger partial charge in [-0.25, -0.2) is 0 Å². The van der Waals surface area contributed by atoms with E-state index in [2.05, 4.69) is 10.6 Å². The summed E-state index contributed by atoms with van der Waals surface area (Å²) in [6.07, 6.45) is 7.86. The lowest BCUT2D eigenvalue weighted by atomic mass is 9.88. The van der Waals surface area contributed by atoms with Crippen molar-refractivity contribution < 1.29 is 4.74 Å². The zero-order chi connectivity index (χ0) is 14.7. The lowest BCUT2D eigenvalue weighted by molar-refractivity contribution is 0.286. The molecule has 0 bridgehead atoms. The molecule has 3 atom stereocenters. The number of methoxy groups -OCH3 is 1. The number of ether oxygens (including phenoxy) is 1. The van der Waals surface area contributed by atoms with Gasteiger partial charge in [0.05, 0.1) is 17.8 Å². The van der Waals surface area contributed by atoms with Gasteiger partial charge in [-0.05, 0) is 50.3 Å². The van der Waals surface area contributed by atoms with Crippen LogP contribution in [0.5, 0.6) is 5.75 Å². The first-order valence-corrected chi connectivity index (χ1v) is 8.49. The van der Waals surface area contributed by atoms with Crippen LogP contribution in [0.25, 0.3) is 0 Å². The molecule has 1 aromatic rings. The molecule has 1 saturated carbocycles. The number of benzene rings is 1. The number of hydrogen-bond acceptors (Lipinski definition) is 3. The standard InChI is InChI=1S/C17H25ClN2O/c1-21-12-8-9-14(18)17(11-12)20-16-7-4-5-13(16)15-6-2-3-10-19-15/h8-9,11,13,15-16,19-20H,2-7,10H2,1H3. The predicted octanol–water partition coefficient (Wildman–Crippen LogP) is 4.07. The Morgan fingerprint density at radius 1 is 1.19 bits per heavy atom. The SMILES string of the molecule is COc1ccc(Cl)c(NC2CCCC2C2CCCCN2)c1. The molecule has 116 valence electrons. The molecule has 2 N–H and O–H groups in total. The van der Waals surface area contributed by atoms with Gasteiger partial charge in [0, 0.05) is 18.2 Å². The van der Waals surface area contributed by atoms with Crippen molar-refractivity contribution in [1.82, 2.24) is 5.32 Å². The van der Waals surface area contributed by atoms with Crippen LogP contribution in [0.2, 0.25) is 5.02 Å². The maximum Gasteiger partial charge on any atom is 0.121 e. The smallest absolute Gasteiger partial charge is 0.121 e. The fourth-order valence-electron chi connectivity index (χ4n) is 3.84. The fourth-order valence-corrected chi connectivity index (χ4v) is 4.01. The van der Waals surface area contributed by atoms with Crippen molar-refractivity contribution in [2.45, 2.75) is 50.6 Å². The number of hydrogen-bond donors (Lipinski definition) is 2. The van der Waals surface area contributed by atoms with Gasteiger partial charge in [-0.1, -0.05) is 24.4 Å². The van der Waals surface area contributed by atoms with Gasteiger partial charge in [0.15, 0.2) is 0 Å². The molecule has 0 spiro atoms. The summed E-state index contributed by atoms with van der Waals surface area (Å²) in [5.41, 5.74) is 1.00. The van der Waals surface area contributed by atoms with Gasteiger partial charge >= 0.3 is 0 Å².